The van der Waals surface area contributed by atoms with Crippen molar-refractivity contribution in [1.29, 1.82) is 0 Å². The number of nitrogens with zero attached hydrogens (tertiary/aromatic N) is 2. The molecule has 0 fully saturated rings. The zero-order chi connectivity index (χ0) is 13.2. The van der Waals surface area contributed by atoms with Crippen LogP contribution in [0, 0.1) is 0 Å². The number of aromatic nitrogens is 1. The van der Waals surface area contributed by atoms with Gasteiger partial charge in [-0.25, -0.2) is 0 Å². The average molecular weight is 254 g/mol. The summed E-state index contributed by atoms with van der Waals surface area (Å²) in [6.45, 7) is 4.42. The van der Waals surface area contributed by atoms with Crippen molar-refractivity contribution in [3.8, 4) is 0 Å². The van der Waals surface area contributed by atoms with E-state index in [0.717, 1.165) is 13.1 Å². The Bertz CT molecular complexity index is 594. The van der Waals surface area contributed by atoms with Gasteiger partial charge in [-0.05, 0) is 35.6 Å². The molecule has 0 N–H and O–H groups in total. The number of hydrogen-bond acceptors (Lipinski definition) is 1. The predicted molar refractivity (Wildman–Crippen MR) is 81.2 cm³/mol. The predicted octanol–water partition coefficient (Wildman–Crippen LogP) is 3.72. The number of hydrogen-bond donors (Lipinski definition) is 0. The van der Waals surface area contributed by atoms with Crippen molar-refractivity contribution in [1.82, 2.24) is 9.47 Å². The second kappa shape index (κ2) is 5.22. The minimum atomic E-state index is 0.636. The maximum absolute atomic E-state index is 2.56. The van der Waals surface area contributed by atoms with Gasteiger partial charge in [0, 0.05) is 37.9 Å². The summed E-state index contributed by atoms with van der Waals surface area (Å²) in [5.74, 6) is 0. The van der Waals surface area contributed by atoms with Gasteiger partial charge < -0.3 is 4.57 Å². The van der Waals surface area contributed by atoms with Crippen LogP contribution in [0.3, 0.4) is 0 Å². The van der Waals surface area contributed by atoms with Gasteiger partial charge in [-0.2, -0.15) is 0 Å². The third kappa shape index (κ3) is 2.45. The zero-order valence-corrected chi connectivity index (χ0v) is 11.8. The van der Waals surface area contributed by atoms with Gasteiger partial charge in [0.15, 0.2) is 0 Å². The molecule has 0 aliphatic carbocycles. The Balaban J connectivity index is 1.77. The smallest absolute Gasteiger partial charge is 0.0477 e. The van der Waals surface area contributed by atoms with E-state index < -0.39 is 0 Å². The Morgan fingerprint density at radius 3 is 3.00 bits per heavy atom. The minimum absolute atomic E-state index is 0.636. The SMILES string of the molecule is CCCC1C=CCN1Cc1ccc2c(ccn2C)c1. The molecule has 2 heterocycles. The fraction of sp³-hybridized carbons (Fsp3) is 0.412. The van der Waals surface area contributed by atoms with E-state index in [-0.39, 0.29) is 0 Å². The molecule has 0 radical (unpaired) electrons. The lowest BCUT2D eigenvalue weighted by atomic mass is 10.1. The van der Waals surface area contributed by atoms with Crippen LogP contribution in [0.1, 0.15) is 25.3 Å². The van der Waals surface area contributed by atoms with Crippen LogP contribution in [0.15, 0.2) is 42.6 Å². The summed E-state index contributed by atoms with van der Waals surface area (Å²) in [4.78, 5) is 2.56. The highest BCUT2D eigenvalue weighted by molar-refractivity contribution is 5.80. The molecule has 1 aromatic heterocycles. The molecule has 0 saturated heterocycles. The summed E-state index contributed by atoms with van der Waals surface area (Å²) in [6.07, 6.45) is 9.32. The molecule has 0 spiro atoms. The van der Waals surface area contributed by atoms with Crippen molar-refractivity contribution >= 4 is 10.9 Å². The molecule has 2 heteroatoms. The van der Waals surface area contributed by atoms with Gasteiger partial charge in [-0.1, -0.05) is 31.6 Å². The van der Waals surface area contributed by atoms with Crippen LogP contribution >= 0.6 is 0 Å². The lowest BCUT2D eigenvalue weighted by Crippen LogP contribution is -2.29. The van der Waals surface area contributed by atoms with Crippen molar-refractivity contribution in [2.75, 3.05) is 6.54 Å². The molecule has 1 unspecified atom stereocenters. The highest BCUT2D eigenvalue weighted by atomic mass is 15.2. The first-order valence-electron chi connectivity index (χ1n) is 7.22. The van der Waals surface area contributed by atoms with Crippen LogP contribution in [0.5, 0.6) is 0 Å². The van der Waals surface area contributed by atoms with Crippen molar-refractivity contribution in [2.45, 2.75) is 32.4 Å². The first kappa shape index (κ1) is 12.5. The quantitative estimate of drug-likeness (QED) is 0.755. The summed E-state index contributed by atoms with van der Waals surface area (Å²) >= 11 is 0. The Kier molecular flexibility index (Phi) is 3.43. The van der Waals surface area contributed by atoms with Crippen molar-refractivity contribution in [3.05, 3.63) is 48.2 Å². The van der Waals surface area contributed by atoms with Crippen LogP contribution in [-0.4, -0.2) is 22.1 Å². The topological polar surface area (TPSA) is 8.17 Å². The lowest BCUT2D eigenvalue weighted by Gasteiger charge is -2.24. The standard InChI is InChI=1S/C17H22N2/c1-3-5-16-6-4-10-19(16)13-14-7-8-17-15(12-14)9-11-18(17)2/h4,6-9,11-12,16H,3,5,10,13H2,1-2H3. The Labute approximate surface area is 115 Å². The third-order valence-electron chi connectivity index (χ3n) is 4.09. The molecular weight excluding hydrogens is 232 g/mol. The Morgan fingerprint density at radius 2 is 2.16 bits per heavy atom. The van der Waals surface area contributed by atoms with E-state index in [2.05, 4.69) is 66.1 Å². The van der Waals surface area contributed by atoms with Gasteiger partial charge in [0.2, 0.25) is 0 Å². The molecule has 0 bridgehead atoms. The fourth-order valence-electron chi connectivity index (χ4n) is 3.03. The van der Waals surface area contributed by atoms with Gasteiger partial charge in [0.1, 0.15) is 0 Å². The molecule has 2 nitrogen and oxygen atoms in total. The average Bonchev–Trinajstić information content (AvgIpc) is 2.98. The fourth-order valence-corrected chi connectivity index (χ4v) is 3.03. The van der Waals surface area contributed by atoms with Crippen molar-refractivity contribution in [2.24, 2.45) is 7.05 Å². The van der Waals surface area contributed by atoms with E-state index in [9.17, 15) is 0 Å². The molecule has 1 atom stereocenters. The normalized spacial score (nSPS) is 19.6. The number of fused-ring (bicyclic) bond motifs is 1. The molecule has 0 amide bonds. The molecule has 1 aliphatic rings. The second-order valence-corrected chi connectivity index (χ2v) is 5.53. The van der Waals surface area contributed by atoms with Gasteiger partial charge in [0.05, 0.1) is 0 Å². The first-order chi connectivity index (χ1) is 9.28. The number of rotatable bonds is 4. The van der Waals surface area contributed by atoms with Gasteiger partial charge >= 0.3 is 0 Å². The summed E-state index contributed by atoms with van der Waals surface area (Å²) in [6, 6.07) is 9.67. The zero-order valence-electron chi connectivity index (χ0n) is 11.8. The van der Waals surface area contributed by atoms with E-state index in [0.29, 0.717) is 6.04 Å². The van der Waals surface area contributed by atoms with Crippen molar-refractivity contribution in [3.63, 3.8) is 0 Å². The van der Waals surface area contributed by atoms with E-state index >= 15 is 0 Å². The van der Waals surface area contributed by atoms with Crippen LogP contribution < -0.4 is 0 Å². The molecule has 1 aromatic carbocycles. The summed E-state index contributed by atoms with van der Waals surface area (Å²) in [5.41, 5.74) is 2.73. The molecule has 19 heavy (non-hydrogen) atoms. The van der Waals surface area contributed by atoms with E-state index in [4.69, 9.17) is 0 Å². The largest absolute Gasteiger partial charge is 0.351 e. The van der Waals surface area contributed by atoms with Gasteiger partial charge in [-0.15, -0.1) is 0 Å². The van der Waals surface area contributed by atoms with E-state index in [1.54, 1.807) is 0 Å². The number of aryl methyl sites for hydroxylation is 1. The third-order valence-corrected chi connectivity index (χ3v) is 4.09. The Hall–Kier alpha value is -1.54. The van der Waals surface area contributed by atoms with Crippen molar-refractivity contribution < 1.29 is 0 Å². The molecular formula is C17H22N2. The molecule has 1 aliphatic heterocycles. The Morgan fingerprint density at radius 1 is 1.26 bits per heavy atom. The molecule has 0 saturated carbocycles. The van der Waals surface area contributed by atoms with E-state index in [1.807, 2.05) is 0 Å². The second-order valence-electron chi connectivity index (χ2n) is 5.53. The molecule has 100 valence electrons. The monoisotopic (exact) mass is 254 g/mol. The summed E-state index contributed by atoms with van der Waals surface area (Å²) in [5, 5.41) is 1.35. The van der Waals surface area contributed by atoms with Gasteiger partial charge in [-0.3, -0.25) is 4.90 Å². The summed E-state index contributed by atoms with van der Waals surface area (Å²) < 4.78 is 2.18. The van der Waals surface area contributed by atoms with Crippen LogP contribution in [0.2, 0.25) is 0 Å². The van der Waals surface area contributed by atoms with E-state index in [1.165, 1.54) is 29.3 Å². The highest BCUT2D eigenvalue weighted by Crippen LogP contribution is 2.21. The highest BCUT2D eigenvalue weighted by Gasteiger charge is 2.18. The maximum Gasteiger partial charge on any atom is 0.0477 e. The molecule has 3 rings (SSSR count). The number of benzene rings is 1. The van der Waals surface area contributed by atoms with Crippen LogP contribution in [-0.2, 0) is 13.6 Å². The minimum Gasteiger partial charge on any atom is -0.351 e. The van der Waals surface area contributed by atoms with Gasteiger partial charge in [0.25, 0.3) is 0 Å². The summed E-state index contributed by atoms with van der Waals surface area (Å²) in [7, 11) is 2.10. The maximum atomic E-state index is 2.56. The molecule has 2 aromatic rings. The van der Waals surface area contributed by atoms with Crippen LogP contribution in [0.25, 0.3) is 10.9 Å². The lowest BCUT2D eigenvalue weighted by molar-refractivity contribution is 0.252. The van der Waals surface area contributed by atoms with Crippen LogP contribution in [0.4, 0.5) is 0 Å². The first-order valence-corrected chi connectivity index (χ1v) is 7.22.